The van der Waals surface area contributed by atoms with Crippen molar-refractivity contribution in [2.45, 2.75) is 12.8 Å². The largest absolute Gasteiger partial charge is 0.486 e. The lowest BCUT2D eigenvalue weighted by molar-refractivity contribution is 0.0930. The van der Waals surface area contributed by atoms with E-state index >= 15 is 0 Å². The molecule has 0 spiro atoms. The quantitative estimate of drug-likeness (QED) is 0.867. The second-order valence-electron chi connectivity index (χ2n) is 6.15. The van der Waals surface area contributed by atoms with Gasteiger partial charge < -0.3 is 14.8 Å². The number of hydrogen-bond acceptors (Lipinski definition) is 5. The van der Waals surface area contributed by atoms with E-state index in [1.807, 2.05) is 0 Å². The Labute approximate surface area is 142 Å². The van der Waals surface area contributed by atoms with Gasteiger partial charge in [-0.05, 0) is 30.9 Å². The van der Waals surface area contributed by atoms with Gasteiger partial charge in [-0.3, -0.25) is 4.79 Å². The zero-order valence-electron chi connectivity index (χ0n) is 13.7. The molecule has 1 saturated heterocycles. The number of ether oxygens (including phenoxy) is 2. The fourth-order valence-corrected chi connectivity index (χ4v) is 3.90. The molecule has 2 aliphatic heterocycles. The third kappa shape index (κ3) is 3.81. The minimum atomic E-state index is -3.12. The van der Waals surface area contributed by atoms with Crippen molar-refractivity contribution in [3.8, 4) is 11.5 Å². The fourth-order valence-electron chi connectivity index (χ4n) is 3.03. The van der Waals surface area contributed by atoms with Gasteiger partial charge >= 0.3 is 0 Å². The molecule has 2 heterocycles. The Hall–Kier alpha value is -1.80. The summed E-state index contributed by atoms with van der Waals surface area (Å²) in [6.45, 7) is 2.47. The van der Waals surface area contributed by atoms with E-state index in [1.165, 1.54) is 10.6 Å². The Morgan fingerprint density at radius 3 is 2.67 bits per heavy atom. The van der Waals surface area contributed by atoms with Crippen LogP contribution in [0, 0.1) is 5.92 Å². The normalized spacial score (nSPS) is 19.0. The molecular formula is C16H22N2O5S. The Morgan fingerprint density at radius 2 is 1.96 bits per heavy atom. The highest BCUT2D eigenvalue weighted by atomic mass is 32.2. The number of amides is 1. The summed E-state index contributed by atoms with van der Waals surface area (Å²) >= 11 is 0. The van der Waals surface area contributed by atoms with E-state index in [2.05, 4.69) is 5.32 Å². The van der Waals surface area contributed by atoms with Crippen molar-refractivity contribution in [2.75, 3.05) is 39.1 Å². The first kappa shape index (κ1) is 17.0. The zero-order chi connectivity index (χ0) is 17.2. The Morgan fingerprint density at radius 1 is 1.25 bits per heavy atom. The topological polar surface area (TPSA) is 84.9 Å². The number of para-hydroxylation sites is 1. The Kier molecular flexibility index (Phi) is 4.96. The van der Waals surface area contributed by atoms with Gasteiger partial charge in [0.05, 0.1) is 11.8 Å². The van der Waals surface area contributed by atoms with E-state index in [-0.39, 0.29) is 11.8 Å². The van der Waals surface area contributed by atoms with Crippen molar-refractivity contribution in [1.82, 2.24) is 9.62 Å². The first-order valence-corrected chi connectivity index (χ1v) is 9.92. The van der Waals surface area contributed by atoms with Gasteiger partial charge in [-0.1, -0.05) is 6.07 Å². The lowest BCUT2D eigenvalue weighted by Crippen LogP contribution is -2.41. The predicted octanol–water partition coefficient (Wildman–Crippen LogP) is 0.859. The SMILES string of the molecule is CS(=O)(=O)N1CCC(CNC(=O)c2cccc3c2OCCO3)CC1. The maximum atomic E-state index is 12.4. The van der Waals surface area contributed by atoms with Crippen LogP contribution in [-0.2, 0) is 10.0 Å². The van der Waals surface area contributed by atoms with Crippen LogP contribution < -0.4 is 14.8 Å². The van der Waals surface area contributed by atoms with Gasteiger partial charge in [0.25, 0.3) is 5.91 Å². The number of sulfonamides is 1. The number of hydrogen-bond donors (Lipinski definition) is 1. The molecule has 0 aliphatic carbocycles. The number of rotatable bonds is 4. The molecule has 7 nitrogen and oxygen atoms in total. The van der Waals surface area contributed by atoms with Crippen LogP contribution in [0.15, 0.2) is 18.2 Å². The van der Waals surface area contributed by atoms with Crippen molar-refractivity contribution in [2.24, 2.45) is 5.92 Å². The monoisotopic (exact) mass is 354 g/mol. The minimum Gasteiger partial charge on any atom is -0.486 e. The van der Waals surface area contributed by atoms with Crippen LogP contribution in [0.3, 0.4) is 0 Å². The summed E-state index contributed by atoms with van der Waals surface area (Å²) in [5.41, 5.74) is 0.473. The van der Waals surface area contributed by atoms with Gasteiger partial charge in [-0.25, -0.2) is 12.7 Å². The number of nitrogens with zero attached hydrogens (tertiary/aromatic N) is 1. The van der Waals surface area contributed by atoms with E-state index in [4.69, 9.17) is 9.47 Å². The fraction of sp³-hybridized carbons (Fsp3) is 0.562. The number of piperidine rings is 1. The van der Waals surface area contributed by atoms with Crippen LogP contribution >= 0.6 is 0 Å². The molecule has 1 amide bonds. The summed E-state index contributed by atoms with van der Waals surface area (Å²) in [6, 6.07) is 5.27. The van der Waals surface area contributed by atoms with Crippen LogP contribution in [-0.4, -0.2) is 57.7 Å². The van der Waals surface area contributed by atoms with Gasteiger partial charge in [0, 0.05) is 19.6 Å². The van der Waals surface area contributed by atoms with Gasteiger partial charge in [0.15, 0.2) is 11.5 Å². The van der Waals surface area contributed by atoms with Crippen LogP contribution in [0.25, 0.3) is 0 Å². The molecule has 1 aromatic rings. The summed E-state index contributed by atoms with van der Waals surface area (Å²) in [4.78, 5) is 12.4. The molecule has 1 N–H and O–H groups in total. The van der Waals surface area contributed by atoms with Crippen LogP contribution in [0.1, 0.15) is 23.2 Å². The van der Waals surface area contributed by atoms with Gasteiger partial charge in [-0.2, -0.15) is 0 Å². The van der Waals surface area contributed by atoms with Gasteiger partial charge in [0.1, 0.15) is 13.2 Å². The molecule has 132 valence electrons. The third-order valence-corrected chi connectivity index (χ3v) is 5.71. The number of fused-ring (bicyclic) bond motifs is 1. The van der Waals surface area contributed by atoms with Crippen LogP contribution in [0.5, 0.6) is 11.5 Å². The molecule has 1 fully saturated rings. The lowest BCUT2D eigenvalue weighted by Gasteiger charge is -2.30. The summed E-state index contributed by atoms with van der Waals surface area (Å²) in [7, 11) is -3.12. The molecule has 8 heteroatoms. The summed E-state index contributed by atoms with van der Waals surface area (Å²) in [6.07, 6.45) is 2.73. The summed E-state index contributed by atoms with van der Waals surface area (Å²) in [5, 5.41) is 2.93. The van der Waals surface area contributed by atoms with Crippen molar-refractivity contribution >= 4 is 15.9 Å². The molecule has 0 atom stereocenters. The van der Waals surface area contributed by atoms with E-state index in [9.17, 15) is 13.2 Å². The molecule has 0 aromatic heterocycles. The number of carbonyl (C=O) groups is 1. The standard InChI is InChI=1S/C16H22N2O5S/c1-24(20,21)18-7-5-12(6-8-18)11-17-16(19)13-3-2-4-14-15(13)23-10-9-22-14/h2-4,12H,5-11H2,1H3,(H,17,19). The molecule has 2 aliphatic rings. The Balaban J connectivity index is 1.56. The van der Waals surface area contributed by atoms with Gasteiger partial charge in [-0.15, -0.1) is 0 Å². The van der Waals surface area contributed by atoms with Crippen LogP contribution in [0.4, 0.5) is 0 Å². The lowest BCUT2D eigenvalue weighted by atomic mass is 9.98. The van der Waals surface area contributed by atoms with E-state index in [0.717, 1.165) is 12.8 Å². The number of carbonyl (C=O) groups excluding carboxylic acids is 1. The van der Waals surface area contributed by atoms with Crippen molar-refractivity contribution in [3.63, 3.8) is 0 Å². The maximum Gasteiger partial charge on any atom is 0.255 e. The molecule has 0 radical (unpaired) electrons. The predicted molar refractivity (Wildman–Crippen MR) is 88.9 cm³/mol. The molecule has 0 unspecified atom stereocenters. The first-order valence-electron chi connectivity index (χ1n) is 8.07. The first-order chi connectivity index (χ1) is 11.4. The molecular weight excluding hydrogens is 332 g/mol. The zero-order valence-corrected chi connectivity index (χ0v) is 14.5. The number of benzene rings is 1. The summed E-state index contributed by atoms with van der Waals surface area (Å²) < 4.78 is 35.6. The molecule has 0 saturated carbocycles. The number of nitrogens with one attached hydrogen (secondary N) is 1. The molecule has 3 rings (SSSR count). The summed E-state index contributed by atoms with van der Waals surface area (Å²) in [5.74, 6) is 1.18. The maximum absolute atomic E-state index is 12.4. The molecule has 24 heavy (non-hydrogen) atoms. The van der Waals surface area contributed by atoms with E-state index in [0.29, 0.717) is 49.9 Å². The van der Waals surface area contributed by atoms with Crippen molar-refractivity contribution < 1.29 is 22.7 Å². The highest BCUT2D eigenvalue weighted by molar-refractivity contribution is 7.88. The smallest absolute Gasteiger partial charge is 0.255 e. The third-order valence-electron chi connectivity index (χ3n) is 4.40. The average Bonchev–Trinajstić information content (AvgIpc) is 2.59. The Bertz CT molecular complexity index is 711. The molecule has 1 aromatic carbocycles. The average molecular weight is 354 g/mol. The van der Waals surface area contributed by atoms with Crippen LogP contribution in [0.2, 0.25) is 0 Å². The van der Waals surface area contributed by atoms with Crippen molar-refractivity contribution in [3.05, 3.63) is 23.8 Å². The highest BCUT2D eigenvalue weighted by Crippen LogP contribution is 2.33. The minimum absolute atomic E-state index is 0.192. The highest BCUT2D eigenvalue weighted by Gasteiger charge is 2.26. The second kappa shape index (κ2) is 6.98. The molecule has 0 bridgehead atoms. The van der Waals surface area contributed by atoms with Gasteiger partial charge in [0.2, 0.25) is 10.0 Å². The second-order valence-corrected chi connectivity index (χ2v) is 8.13. The van der Waals surface area contributed by atoms with E-state index < -0.39 is 10.0 Å². The van der Waals surface area contributed by atoms with E-state index in [1.54, 1.807) is 18.2 Å². The van der Waals surface area contributed by atoms with Crippen molar-refractivity contribution in [1.29, 1.82) is 0 Å².